The van der Waals surface area contributed by atoms with Crippen molar-refractivity contribution in [1.82, 2.24) is 15.3 Å². The van der Waals surface area contributed by atoms with E-state index in [4.69, 9.17) is 5.73 Å². The molecule has 7 N–H and O–H groups in total. The number of benzene rings is 1. The summed E-state index contributed by atoms with van der Waals surface area (Å²) in [6.07, 6.45) is 3.45. The molecule has 0 radical (unpaired) electrons. The summed E-state index contributed by atoms with van der Waals surface area (Å²) in [6, 6.07) is 1.80. The predicted octanol–water partition coefficient (Wildman–Crippen LogP) is 0.847. The van der Waals surface area contributed by atoms with Gasteiger partial charge in [-0.1, -0.05) is 6.42 Å². The molecule has 0 spiro atoms. The maximum absolute atomic E-state index is 14.1. The van der Waals surface area contributed by atoms with Crippen molar-refractivity contribution in [2.75, 3.05) is 51.5 Å². The molecule has 1 saturated heterocycles. The molecule has 13 nitrogen and oxygen atoms in total. The number of Topliss-reactive ketones (excluding diaryl/α,β-unsaturated/α-hetero) is 2. The van der Waals surface area contributed by atoms with Gasteiger partial charge in [0.25, 0.3) is 5.91 Å². The largest absolute Gasteiger partial charge is 0.508 e. The lowest BCUT2D eigenvalue weighted by atomic mass is 9.57. The Labute approximate surface area is 243 Å². The zero-order valence-corrected chi connectivity index (χ0v) is 24.2. The topological polar surface area (TPSA) is 189 Å². The summed E-state index contributed by atoms with van der Waals surface area (Å²) in [4.78, 5) is 55.6. The number of carbonyl (C=O) groups excluding carboxylic acids is 4. The highest BCUT2D eigenvalue weighted by molar-refractivity contribution is 6.24. The van der Waals surface area contributed by atoms with Crippen molar-refractivity contribution in [1.29, 1.82) is 0 Å². The second kappa shape index (κ2) is 10.7. The smallest absolute Gasteiger partial charge is 0.333 e. The zero-order chi connectivity index (χ0) is 30.7. The van der Waals surface area contributed by atoms with Crippen LogP contribution in [0.15, 0.2) is 29.0 Å². The van der Waals surface area contributed by atoms with Crippen LogP contribution in [0.4, 0.5) is 16.2 Å². The number of amides is 3. The van der Waals surface area contributed by atoms with Crippen molar-refractivity contribution in [3.05, 3.63) is 40.2 Å². The molecule has 3 amide bonds. The molecule has 1 aliphatic heterocycles. The average Bonchev–Trinajstić information content (AvgIpc) is 2.91. The van der Waals surface area contributed by atoms with Gasteiger partial charge in [0.2, 0.25) is 5.78 Å². The minimum absolute atomic E-state index is 0.0663. The molecule has 4 aliphatic rings. The van der Waals surface area contributed by atoms with Gasteiger partial charge in [-0.05, 0) is 63.4 Å². The number of hydrogen-bond donors (Lipinski definition) is 6. The van der Waals surface area contributed by atoms with Crippen LogP contribution in [0.5, 0.6) is 0 Å². The Balaban J connectivity index is 1.58. The van der Waals surface area contributed by atoms with Crippen LogP contribution in [-0.2, 0) is 20.8 Å². The van der Waals surface area contributed by atoms with Crippen LogP contribution >= 0.6 is 0 Å². The lowest BCUT2D eigenvalue weighted by Gasteiger charge is -2.50. The molecule has 42 heavy (non-hydrogen) atoms. The van der Waals surface area contributed by atoms with Gasteiger partial charge in [0.05, 0.1) is 6.04 Å². The number of fused-ring (bicyclic) bond motifs is 3. The van der Waals surface area contributed by atoms with E-state index in [0.717, 1.165) is 37.9 Å². The zero-order valence-electron chi connectivity index (χ0n) is 24.2. The number of primary amides is 1. The van der Waals surface area contributed by atoms with E-state index in [0.29, 0.717) is 23.4 Å². The third-order valence-corrected chi connectivity index (χ3v) is 8.91. The number of anilines is 2. The van der Waals surface area contributed by atoms with Crippen molar-refractivity contribution < 1.29 is 34.5 Å². The fourth-order valence-electron chi connectivity index (χ4n) is 7.00. The quantitative estimate of drug-likeness (QED) is 0.272. The number of piperidine rings is 1. The van der Waals surface area contributed by atoms with Gasteiger partial charge in [-0.3, -0.25) is 24.7 Å². The Hall–Kier alpha value is -3.94. The fraction of sp³-hybridized carbons (Fsp3) is 0.517. The molecule has 1 aromatic rings. The Bertz CT molecular complexity index is 1430. The Morgan fingerprint density at radius 3 is 2.33 bits per heavy atom. The molecule has 13 heteroatoms. The number of aliphatic hydroxyl groups is 3. The van der Waals surface area contributed by atoms with Crippen molar-refractivity contribution in [2.45, 2.75) is 43.7 Å². The minimum atomic E-state index is -2.64. The summed E-state index contributed by atoms with van der Waals surface area (Å²) in [6.45, 7) is 1.50. The predicted molar refractivity (Wildman–Crippen MR) is 154 cm³/mol. The third-order valence-electron chi connectivity index (χ3n) is 8.91. The molecule has 3 aliphatic carbocycles. The van der Waals surface area contributed by atoms with Crippen LogP contribution in [0, 0.1) is 11.8 Å². The van der Waals surface area contributed by atoms with E-state index >= 15 is 0 Å². The minimum Gasteiger partial charge on any atom is -0.508 e. The van der Waals surface area contributed by atoms with Crippen LogP contribution < -0.4 is 21.4 Å². The van der Waals surface area contributed by atoms with E-state index in [1.807, 2.05) is 24.0 Å². The molecule has 4 atom stereocenters. The van der Waals surface area contributed by atoms with E-state index in [9.17, 15) is 34.5 Å². The number of nitrogens with two attached hydrogens (primary N) is 1. The molecule has 1 heterocycles. The molecule has 5 rings (SSSR count). The van der Waals surface area contributed by atoms with Crippen LogP contribution in [0.2, 0.25) is 0 Å². The van der Waals surface area contributed by atoms with Gasteiger partial charge in [0.1, 0.15) is 17.1 Å². The molecular formula is C29H38N6O7. The number of ketones is 2. The normalized spacial score (nSPS) is 27.8. The number of hydrazine groups is 1. The second-order valence-electron chi connectivity index (χ2n) is 12.0. The molecule has 0 bridgehead atoms. The monoisotopic (exact) mass is 582 g/mol. The number of nitrogens with one attached hydrogen (secondary N) is 2. The van der Waals surface area contributed by atoms with E-state index in [1.54, 1.807) is 26.2 Å². The first-order valence-corrected chi connectivity index (χ1v) is 14.1. The highest BCUT2D eigenvalue weighted by Crippen LogP contribution is 2.52. The number of likely N-dealkylation sites (N-methyl/N-ethyl adjacent to an activating group) is 1. The summed E-state index contributed by atoms with van der Waals surface area (Å²) in [5.41, 5.74) is 6.78. The Kier molecular flexibility index (Phi) is 7.54. The highest BCUT2D eigenvalue weighted by atomic mass is 16.3. The summed E-state index contributed by atoms with van der Waals surface area (Å²) in [5.74, 6) is -6.19. The van der Waals surface area contributed by atoms with E-state index < -0.39 is 64.1 Å². The number of nitrogens with zero attached hydrogens (tertiary/aromatic N) is 3. The first-order valence-electron chi connectivity index (χ1n) is 14.1. The number of carbonyl (C=O) groups is 4. The summed E-state index contributed by atoms with van der Waals surface area (Å²) in [5, 5.41) is 39.0. The second-order valence-corrected chi connectivity index (χ2v) is 12.0. The van der Waals surface area contributed by atoms with E-state index in [2.05, 4.69) is 10.7 Å². The van der Waals surface area contributed by atoms with Gasteiger partial charge in [-0.2, -0.15) is 0 Å². The van der Waals surface area contributed by atoms with Crippen LogP contribution in [-0.4, -0.2) is 102 Å². The SMILES string of the molecule is CN(C)c1cc(NC(=O)NN2CCCCC2)cc2c1CC1CC3[C@H](N(C)C)C(=O)C(C(N)=O)=C(O)[C@@]3(O)C(=O)C1=C2O. The first kappa shape index (κ1) is 29.5. The maximum atomic E-state index is 14.1. The molecule has 226 valence electrons. The lowest BCUT2D eigenvalue weighted by Crippen LogP contribution is -2.65. The van der Waals surface area contributed by atoms with Crippen molar-refractivity contribution in [2.24, 2.45) is 17.6 Å². The van der Waals surface area contributed by atoms with E-state index in [1.165, 1.54) is 4.90 Å². The van der Waals surface area contributed by atoms with Gasteiger partial charge < -0.3 is 31.3 Å². The van der Waals surface area contributed by atoms with E-state index in [-0.39, 0.29) is 12.0 Å². The molecule has 1 saturated carbocycles. The lowest BCUT2D eigenvalue weighted by molar-refractivity contribution is -0.153. The van der Waals surface area contributed by atoms with Crippen molar-refractivity contribution in [3.63, 3.8) is 0 Å². The summed E-state index contributed by atoms with van der Waals surface area (Å²) >= 11 is 0. The molecule has 2 unspecified atom stereocenters. The van der Waals surface area contributed by atoms with Gasteiger partial charge in [-0.15, -0.1) is 0 Å². The van der Waals surface area contributed by atoms with Crippen LogP contribution in [0.1, 0.15) is 36.8 Å². The first-order chi connectivity index (χ1) is 19.8. The van der Waals surface area contributed by atoms with Gasteiger partial charge in [0.15, 0.2) is 11.4 Å². The summed E-state index contributed by atoms with van der Waals surface area (Å²) < 4.78 is 0. The molecule has 2 fully saturated rings. The van der Waals surface area contributed by atoms with Gasteiger partial charge in [0, 0.05) is 55.6 Å². The number of aliphatic hydroxyl groups excluding tert-OH is 2. The molecule has 0 aromatic heterocycles. The Morgan fingerprint density at radius 2 is 1.74 bits per heavy atom. The number of hydrogen-bond acceptors (Lipinski definition) is 10. The number of rotatable bonds is 5. The summed E-state index contributed by atoms with van der Waals surface area (Å²) in [7, 11) is 6.80. The van der Waals surface area contributed by atoms with Crippen molar-refractivity contribution >= 4 is 40.6 Å². The van der Waals surface area contributed by atoms with Gasteiger partial charge >= 0.3 is 6.03 Å². The van der Waals surface area contributed by atoms with Crippen LogP contribution in [0.25, 0.3) is 5.76 Å². The molecule has 1 aromatic carbocycles. The van der Waals surface area contributed by atoms with Gasteiger partial charge in [-0.25, -0.2) is 9.80 Å². The molecular weight excluding hydrogens is 544 g/mol. The number of urea groups is 1. The van der Waals surface area contributed by atoms with Crippen LogP contribution in [0.3, 0.4) is 0 Å². The Morgan fingerprint density at radius 1 is 1.07 bits per heavy atom. The standard InChI is InChI=1S/C29H38N6O7/c1-33(2)19-13-15(31-28(41)32-35-8-6-5-7-9-35)12-17-16(19)10-14-11-18-22(34(3)4)24(37)21(27(30)40)26(39)29(18,42)25(38)20(14)23(17)36/h12-14,18,22,36,39,42H,5-11H2,1-4H3,(H2,30,40)(H2,31,32,41)/t14?,18?,22-,29-/m0/s1. The van der Waals surface area contributed by atoms with Crippen molar-refractivity contribution in [3.8, 4) is 0 Å². The third kappa shape index (κ3) is 4.61. The average molecular weight is 583 g/mol. The fourth-order valence-corrected chi connectivity index (χ4v) is 7.00. The highest BCUT2D eigenvalue weighted by Gasteiger charge is 2.64. The maximum Gasteiger partial charge on any atom is 0.333 e.